The molecule has 1 amide bonds. The molecular weight excluding hydrogens is 457 g/mol. The molecule has 0 aromatic rings. The number of halogens is 4. The molecule has 11 heteroatoms. The van der Waals surface area contributed by atoms with E-state index in [0.717, 1.165) is 19.4 Å². The van der Waals surface area contributed by atoms with Gasteiger partial charge in [-0.05, 0) is 50.9 Å². The Hall–Kier alpha value is -1.12. The number of hydrogen-bond acceptors (Lipinski definition) is 6. The van der Waals surface area contributed by atoms with Crippen molar-refractivity contribution in [3.05, 3.63) is 0 Å². The molecule has 6 unspecified atom stereocenters. The topological polar surface area (TPSA) is 106 Å². The average molecular weight is 491 g/mol. The summed E-state index contributed by atoms with van der Waals surface area (Å²) in [5, 5.41) is 18.4. The van der Waals surface area contributed by atoms with E-state index in [-0.39, 0.29) is 42.5 Å². The molecule has 4 fully saturated rings. The molecule has 0 radical (unpaired) electrons. The van der Waals surface area contributed by atoms with E-state index in [1.165, 1.54) is 0 Å². The number of carbonyl (C=O) groups is 1. The van der Waals surface area contributed by atoms with Crippen LogP contribution in [0.15, 0.2) is 0 Å². The summed E-state index contributed by atoms with van der Waals surface area (Å²) in [6.07, 6.45) is -0.519. The van der Waals surface area contributed by atoms with E-state index >= 15 is 0 Å². The van der Waals surface area contributed by atoms with Gasteiger partial charge in [-0.15, -0.1) is 11.6 Å². The van der Waals surface area contributed by atoms with E-state index in [9.17, 15) is 23.2 Å². The number of nitriles is 1. The molecule has 2 aliphatic carbocycles. The minimum Gasteiger partial charge on any atom is -0.354 e. The highest BCUT2D eigenvalue weighted by Gasteiger charge is 2.52. The SMILES string of the molecule is N#CC1(C(=O)NCC2CNC(C3CCC(Cl)C(C(F)(F)F)C3)NC2N2CCC[C@H]2CN)CC1. The second-order valence-electron chi connectivity index (χ2n) is 10.2. The number of rotatable bonds is 6. The Labute approximate surface area is 197 Å². The second-order valence-corrected chi connectivity index (χ2v) is 10.7. The maximum Gasteiger partial charge on any atom is 0.393 e. The van der Waals surface area contributed by atoms with Gasteiger partial charge < -0.3 is 16.4 Å². The molecular formula is C22H34ClF3N6O. The van der Waals surface area contributed by atoms with Crippen LogP contribution < -0.4 is 21.7 Å². The lowest BCUT2D eigenvalue weighted by Gasteiger charge is -2.48. The summed E-state index contributed by atoms with van der Waals surface area (Å²) in [5.74, 6) is -1.90. The molecule has 0 bridgehead atoms. The first-order valence-electron chi connectivity index (χ1n) is 12.0. The highest BCUT2D eigenvalue weighted by Crippen LogP contribution is 2.45. The minimum atomic E-state index is -4.30. The van der Waals surface area contributed by atoms with Gasteiger partial charge in [0.2, 0.25) is 5.91 Å². The van der Waals surface area contributed by atoms with Crippen LogP contribution in [0.25, 0.3) is 0 Å². The molecule has 0 aromatic carbocycles. The number of likely N-dealkylation sites (tertiary alicyclic amines) is 1. The van der Waals surface area contributed by atoms with Crippen LogP contribution in [-0.2, 0) is 4.79 Å². The zero-order valence-electron chi connectivity index (χ0n) is 18.7. The minimum absolute atomic E-state index is 0.00145. The molecule has 2 saturated carbocycles. The zero-order chi connectivity index (χ0) is 23.8. The largest absolute Gasteiger partial charge is 0.393 e. The quantitative estimate of drug-likeness (QED) is 0.424. The lowest BCUT2D eigenvalue weighted by molar-refractivity contribution is -0.186. The smallest absolute Gasteiger partial charge is 0.354 e. The third-order valence-corrected chi connectivity index (χ3v) is 8.59. The Morgan fingerprint density at radius 2 is 2.06 bits per heavy atom. The molecule has 7 nitrogen and oxygen atoms in total. The van der Waals surface area contributed by atoms with Crippen LogP contribution in [0.1, 0.15) is 44.9 Å². The highest BCUT2D eigenvalue weighted by atomic mass is 35.5. The van der Waals surface area contributed by atoms with Crippen molar-refractivity contribution in [2.45, 2.75) is 74.9 Å². The fourth-order valence-corrected chi connectivity index (χ4v) is 6.19. The molecule has 0 spiro atoms. The maximum absolute atomic E-state index is 13.5. The van der Waals surface area contributed by atoms with Crippen molar-refractivity contribution in [1.82, 2.24) is 20.9 Å². The molecule has 7 atom stereocenters. The Morgan fingerprint density at radius 3 is 2.70 bits per heavy atom. The van der Waals surface area contributed by atoms with Crippen molar-refractivity contribution in [2.75, 3.05) is 26.2 Å². The van der Waals surface area contributed by atoms with Crippen molar-refractivity contribution in [2.24, 2.45) is 28.9 Å². The fourth-order valence-electron chi connectivity index (χ4n) is 5.81. The first-order chi connectivity index (χ1) is 15.7. The molecule has 4 aliphatic rings. The van der Waals surface area contributed by atoms with Gasteiger partial charge in [-0.25, -0.2) is 0 Å². The number of carbonyl (C=O) groups excluding carboxylic acids is 1. The van der Waals surface area contributed by atoms with Crippen LogP contribution >= 0.6 is 11.6 Å². The van der Waals surface area contributed by atoms with Crippen molar-refractivity contribution in [3.63, 3.8) is 0 Å². The first-order valence-corrected chi connectivity index (χ1v) is 12.5. The highest BCUT2D eigenvalue weighted by molar-refractivity contribution is 6.20. The van der Waals surface area contributed by atoms with Gasteiger partial charge in [0.25, 0.3) is 0 Å². The predicted molar refractivity (Wildman–Crippen MR) is 118 cm³/mol. The second kappa shape index (κ2) is 9.86. The Balaban J connectivity index is 1.44. The molecule has 5 N–H and O–H groups in total. The van der Waals surface area contributed by atoms with Crippen LogP contribution in [0.4, 0.5) is 13.2 Å². The lowest BCUT2D eigenvalue weighted by Crippen LogP contribution is -2.69. The fraction of sp³-hybridized carbons (Fsp3) is 0.909. The van der Waals surface area contributed by atoms with E-state index in [1.54, 1.807) is 0 Å². The molecule has 2 aliphatic heterocycles. The molecule has 33 heavy (non-hydrogen) atoms. The summed E-state index contributed by atoms with van der Waals surface area (Å²) in [7, 11) is 0. The molecule has 186 valence electrons. The standard InChI is InChI=1S/C22H34ClF3N6O/c23-17-4-3-13(8-16(17)22(24,25)26)18-29-10-14(11-30-20(33)21(12-28)5-6-21)19(31-18)32-7-1-2-15(32)9-27/h13-19,29,31H,1-11,27H2,(H,30,33)/t13?,14?,15-,16?,17?,18?,19?/m0/s1. The van der Waals surface area contributed by atoms with Gasteiger partial charge in [0.1, 0.15) is 5.41 Å². The number of nitrogens with two attached hydrogens (primary N) is 1. The Kier molecular flexibility index (Phi) is 7.47. The summed E-state index contributed by atoms with van der Waals surface area (Å²) >= 11 is 6.04. The normalized spacial score (nSPS) is 39.1. The zero-order valence-corrected chi connectivity index (χ0v) is 19.5. The Bertz CT molecular complexity index is 757. The molecule has 0 aromatic heterocycles. The third-order valence-electron chi connectivity index (χ3n) is 8.07. The third kappa shape index (κ3) is 5.27. The van der Waals surface area contributed by atoms with E-state index in [1.807, 2.05) is 0 Å². The number of nitrogens with one attached hydrogen (secondary N) is 3. The van der Waals surface area contributed by atoms with E-state index in [2.05, 4.69) is 26.9 Å². The summed E-state index contributed by atoms with van der Waals surface area (Å²) in [6, 6.07) is 2.32. The van der Waals surface area contributed by atoms with Crippen LogP contribution in [0.5, 0.6) is 0 Å². The number of alkyl halides is 4. The van der Waals surface area contributed by atoms with E-state index in [0.29, 0.717) is 45.3 Å². The summed E-state index contributed by atoms with van der Waals surface area (Å²) < 4.78 is 40.5. The van der Waals surface area contributed by atoms with Crippen molar-refractivity contribution >= 4 is 17.5 Å². The predicted octanol–water partition coefficient (Wildman–Crippen LogP) is 1.88. The maximum atomic E-state index is 13.5. The van der Waals surface area contributed by atoms with Crippen LogP contribution in [-0.4, -0.2) is 66.9 Å². The van der Waals surface area contributed by atoms with Gasteiger partial charge in [-0.1, -0.05) is 0 Å². The summed E-state index contributed by atoms with van der Waals surface area (Å²) in [5.41, 5.74) is 5.13. The molecule has 2 heterocycles. The van der Waals surface area contributed by atoms with Gasteiger partial charge in [0.15, 0.2) is 0 Å². The van der Waals surface area contributed by atoms with Gasteiger partial charge in [0.05, 0.1) is 24.3 Å². The van der Waals surface area contributed by atoms with Gasteiger partial charge in [0, 0.05) is 43.5 Å². The number of amides is 1. The van der Waals surface area contributed by atoms with Crippen LogP contribution in [0.3, 0.4) is 0 Å². The van der Waals surface area contributed by atoms with Gasteiger partial charge >= 0.3 is 6.18 Å². The average Bonchev–Trinajstić information content (AvgIpc) is 3.46. The van der Waals surface area contributed by atoms with E-state index < -0.39 is 22.9 Å². The van der Waals surface area contributed by atoms with Gasteiger partial charge in [-0.3, -0.25) is 15.0 Å². The first kappa shape index (κ1) is 25.0. The van der Waals surface area contributed by atoms with Crippen LogP contribution in [0, 0.1) is 34.5 Å². The molecule has 2 saturated heterocycles. The Morgan fingerprint density at radius 1 is 1.30 bits per heavy atom. The van der Waals surface area contributed by atoms with E-state index in [4.69, 9.17) is 17.3 Å². The summed E-state index contributed by atoms with van der Waals surface area (Å²) in [4.78, 5) is 14.8. The van der Waals surface area contributed by atoms with Crippen molar-refractivity contribution in [1.29, 1.82) is 5.26 Å². The van der Waals surface area contributed by atoms with Gasteiger partial charge in [-0.2, -0.15) is 18.4 Å². The van der Waals surface area contributed by atoms with Crippen molar-refractivity contribution in [3.8, 4) is 6.07 Å². The summed E-state index contributed by atoms with van der Waals surface area (Å²) in [6.45, 7) is 2.33. The number of nitrogens with zero attached hydrogens (tertiary/aromatic N) is 2. The van der Waals surface area contributed by atoms with Crippen LogP contribution in [0.2, 0.25) is 0 Å². The molecule has 4 rings (SSSR count). The number of hydrogen-bond donors (Lipinski definition) is 4. The monoisotopic (exact) mass is 490 g/mol. The van der Waals surface area contributed by atoms with Crippen molar-refractivity contribution < 1.29 is 18.0 Å². The lowest BCUT2D eigenvalue weighted by atomic mass is 9.78.